The molecule has 0 atom stereocenters. The first-order valence-corrected chi connectivity index (χ1v) is 10.7. The summed E-state index contributed by atoms with van der Waals surface area (Å²) in [6, 6.07) is 15.8. The molecule has 5 nitrogen and oxygen atoms in total. The molecule has 0 saturated carbocycles. The number of likely N-dealkylation sites (N-methyl/N-ethyl adjacent to an activating group) is 1. The van der Waals surface area contributed by atoms with E-state index in [4.69, 9.17) is 9.47 Å². The first-order chi connectivity index (χ1) is 14.2. The number of aliphatic imine (C=N–C) groups is 1. The quantitative estimate of drug-likeness (QED) is 0.576. The van der Waals surface area contributed by atoms with Gasteiger partial charge in [-0.1, -0.05) is 36.4 Å². The lowest BCUT2D eigenvalue weighted by atomic mass is 10.1. The van der Waals surface area contributed by atoms with Gasteiger partial charge in [0.15, 0.2) is 16.7 Å². The number of amides is 1. The topological polar surface area (TPSA) is 51.1 Å². The van der Waals surface area contributed by atoms with E-state index in [1.165, 1.54) is 11.8 Å². The predicted octanol–water partition coefficient (Wildman–Crippen LogP) is 4.98. The Kier molecular flexibility index (Phi) is 7.36. The van der Waals surface area contributed by atoms with Gasteiger partial charge in [0, 0.05) is 13.1 Å². The van der Waals surface area contributed by atoms with Crippen molar-refractivity contribution in [3.05, 3.63) is 64.6 Å². The first-order valence-electron chi connectivity index (χ1n) is 9.85. The summed E-state index contributed by atoms with van der Waals surface area (Å²) in [5.41, 5.74) is 1.99. The van der Waals surface area contributed by atoms with Crippen LogP contribution in [0.5, 0.6) is 11.5 Å². The molecule has 1 heterocycles. The molecule has 1 aliphatic heterocycles. The second-order valence-electron chi connectivity index (χ2n) is 6.33. The van der Waals surface area contributed by atoms with E-state index in [-0.39, 0.29) is 5.91 Å². The van der Waals surface area contributed by atoms with Crippen LogP contribution in [0.2, 0.25) is 0 Å². The maximum absolute atomic E-state index is 12.7. The zero-order chi connectivity index (χ0) is 20.6. The minimum atomic E-state index is -0.00735. The van der Waals surface area contributed by atoms with E-state index in [1.54, 1.807) is 4.90 Å². The number of carbonyl (C=O) groups excluding carboxylic acids is 1. The molecule has 1 saturated heterocycles. The molecular weight excluding hydrogens is 384 g/mol. The van der Waals surface area contributed by atoms with Gasteiger partial charge in [0.2, 0.25) is 0 Å². The van der Waals surface area contributed by atoms with E-state index in [2.05, 4.69) is 4.99 Å². The van der Waals surface area contributed by atoms with E-state index < -0.39 is 0 Å². The molecule has 2 aromatic carbocycles. The van der Waals surface area contributed by atoms with Gasteiger partial charge in [-0.15, -0.1) is 0 Å². The van der Waals surface area contributed by atoms with Crippen LogP contribution in [-0.2, 0) is 11.4 Å². The second kappa shape index (κ2) is 10.2. The van der Waals surface area contributed by atoms with Crippen LogP contribution in [-0.4, -0.2) is 35.7 Å². The van der Waals surface area contributed by atoms with Gasteiger partial charge in [-0.2, -0.15) is 0 Å². The van der Waals surface area contributed by atoms with Crippen molar-refractivity contribution in [2.24, 2.45) is 4.99 Å². The Morgan fingerprint density at radius 1 is 1.03 bits per heavy atom. The number of carbonyl (C=O) groups is 1. The highest BCUT2D eigenvalue weighted by Gasteiger charge is 2.31. The maximum atomic E-state index is 12.7. The number of hydrogen-bond donors (Lipinski definition) is 0. The molecule has 0 bridgehead atoms. The molecule has 2 aromatic rings. The molecule has 1 amide bonds. The highest BCUT2D eigenvalue weighted by Crippen LogP contribution is 2.35. The van der Waals surface area contributed by atoms with Gasteiger partial charge in [-0.3, -0.25) is 14.7 Å². The van der Waals surface area contributed by atoms with Crippen LogP contribution in [0.25, 0.3) is 6.08 Å². The lowest BCUT2D eigenvalue weighted by Gasteiger charge is -2.13. The average molecular weight is 411 g/mol. The molecule has 0 aliphatic carbocycles. The zero-order valence-corrected chi connectivity index (χ0v) is 17.9. The molecule has 1 aliphatic rings. The minimum Gasteiger partial charge on any atom is -0.490 e. The summed E-state index contributed by atoms with van der Waals surface area (Å²) in [5.74, 6) is 1.35. The van der Waals surface area contributed by atoms with Gasteiger partial charge < -0.3 is 9.47 Å². The first kappa shape index (κ1) is 21.0. The number of rotatable bonds is 8. The van der Waals surface area contributed by atoms with Crippen molar-refractivity contribution in [3.8, 4) is 11.5 Å². The van der Waals surface area contributed by atoms with Gasteiger partial charge in [-0.25, -0.2) is 0 Å². The van der Waals surface area contributed by atoms with E-state index in [0.717, 1.165) is 16.3 Å². The monoisotopic (exact) mass is 410 g/mol. The molecule has 0 N–H and O–H groups in total. The number of hydrogen-bond acceptors (Lipinski definition) is 5. The van der Waals surface area contributed by atoms with Crippen molar-refractivity contribution in [2.75, 3.05) is 19.7 Å². The summed E-state index contributed by atoms with van der Waals surface area (Å²) >= 11 is 1.42. The molecule has 0 unspecified atom stereocenters. The summed E-state index contributed by atoms with van der Waals surface area (Å²) in [6.07, 6.45) is 1.89. The Morgan fingerprint density at radius 3 is 2.52 bits per heavy atom. The fourth-order valence-corrected chi connectivity index (χ4v) is 4.03. The molecule has 0 radical (unpaired) electrons. The van der Waals surface area contributed by atoms with Crippen molar-refractivity contribution in [3.63, 3.8) is 0 Å². The van der Waals surface area contributed by atoms with E-state index in [1.807, 2.05) is 75.4 Å². The Morgan fingerprint density at radius 2 is 1.83 bits per heavy atom. The summed E-state index contributed by atoms with van der Waals surface area (Å²) in [7, 11) is 0. The Balaban J connectivity index is 1.81. The summed E-state index contributed by atoms with van der Waals surface area (Å²) in [4.78, 5) is 19.5. The Bertz CT molecular complexity index is 910. The molecule has 1 fully saturated rings. The van der Waals surface area contributed by atoms with Gasteiger partial charge in [0.05, 0.1) is 11.5 Å². The number of thioether (sulfide) groups is 1. The third kappa shape index (κ3) is 5.21. The number of ether oxygens (including phenoxy) is 2. The third-order valence-corrected chi connectivity index (χ3v) is 5.34. The van der Waals surface area contributed by atoms with Gasteiger partial charge in [-0.05, 0) is 61.9 Å². The highest BCUT2D eigenvalue weighted by atomic mass is 32.2. The molecule has 0 aromatic heterocycles. The van der Waals surface area contributed by atoms with E-state index in [0.29, 0.717) is 42.7 Å². The van der Waals surface area contributed by atoms with Crippen LogP contribution < -0.4 is 9.47 Å². The lowest BCUT2D eigenvalue weighted by Crippen LogP contribution is -2.28. The Hall–Kier alpha value is -2.73. The number of benzene rings is 2. The Labute approximate surface area is 176 Å². The zero-order valence-electron chi connectivity index (χ0n) is 17.1. The highest BCUT2D eigenvalue weighted by molar-refractivity contribution is 8.18. The SMILES string of the molecule is CCN=C1S/C(=C/c2ccc(OCc3ccccc3)c(OCC)c2)C(=O)N1CC. The molecule has 0 spiro atoms. The molecule has 3 rings (SSSR count). The van der Waals surface area contributed by atoms with E-state index >= 15 is 0 Å². The maximum Gasteiger partial charge on any atom is 0.266 e. The standard InChI is InChI=1S/C23H26N2O3S/c1-4-24-23-25(5-2)22(26)21(29-23)15-18-12-13-19(20(14-18)27-6-3)28-16-17-10-8-7-9-11-17/h7-15H,4-6,16H2,1-3H3/b21-15+,24-23?. The summed E-state index contributed by atoms with van der Waals surface area (Å²) < 4.78 is 11.7. The van der Waals surface area contributed by atoms with Crippen LogP contribution in [0.4, 0.5) is 0 Å². The van der Waals surface area contributed by atoms with Crippen molar-refractivity contribution in [1.29, 1.82) is 0 Å². The second-order valence-corrected chi connectivity index (χ2v) is 7.34. The fraction of sp³-hybridized carbons (Fsp3) is 0.304. The minimum absolute atomic E-state index is 0.00735. The van der Waals surface area contributed by atoms with Crippen molar-refractivity contribution < 1.29 is 14.3 Å². The molecular formula is C23H26N2O3S. The van der Waals surface area contributed by atoms with Crippen LogP contribution in [0, 0.1) is 0 Å². The van der Waals surface area contributed by atoms with Gasteiger partial charge in [0.25, 0.3) is 5.91 Å². The third-order valence-electron chi connectivity index (χ3n) is 4.30. The fourth-order valence-electron chi connectivity index (χ4n) is 2.93. The summed E-state index contributed by atoms with van der Waals surface area (Å²) in [6.45, 7) is 8.13. The molecule has 6 heteroatoms. The van der Waals surface area contributed by atoms with Gasteiger partial charge >= 0.3 is 0 Å². The normalized spacial score (nSPS) is 16.7. The van der Waals surface area contributed by atoms with E-state index in [9.17, 15) is 4.79 Å². The van der Waals surface area contributed by atoms with Crippen molar-refractivity contribution in [1.82, 2.24) is 4.90 Å². The van der Waals surface area contributed by atoms with Crippen LogP contribution in [0.3, 0.4) is 0 Å². The van der Waals surface area contributed by atoms with Gasteiger partial charge in [0.1, 0.15) is 6.61 Å². The molecule has 152 valence electrons. The molecule has 29 heavy (non-hydrogen) atoms. The van der Waals surface area contributed by atoms with Crippen LogP contribution in [0.15, 0.2) is 58.4 Å². The average Bonchev–Trinajstić information content (AvgIpc) is 3.03. The predicted molar refractivity (Wildman–Crippen MR) is 119 cm³/mol. The summed E-state index contributed by atoms with van der Waals surface area (Å²) in [5, 5.41) is 0.763. The largest absolute Gasteiger partial charge is 0.490 e. The lowest BCUT2D eigenvalue weighted by molar-refractivity contribution is -0.122. The van der Waals surface area contributed by atoms with Crippen LogP contribution >= 0.6 is 11.8 Å². The van der Waals surface area contributed by atoms with Crippen molar-refractivity contribution in [2.45, 2.75) is 27.4 Å². The van der Waals surface area contributed by atoms with Crippen LogP contribution in [0.1, 0.15) is 31.9 Å². The number of amidine groups is 1. The van der Waals surface area contributed by atoms with Crippen molar-refractivity contribution >= 4 is 28.9 Å². The smallest absolute Gasteiger partial charge is 0.266 e. The number of nitrogens with zero attached hydrogens (tertiary/aromatic N) is 2.